The van der Waals surface area contributed by atoms with Crippen LogP contribution in [0.25, 0.3) is 0 Å². The van der Waals surface area contributed by atoms with E-state index in [9.17, 15) is 14.9 Å². The largest absolute Gasteiger partial charge is 0.379 e. The molecule has 20 heavy (non-hydrogen) atoms. The van der Waals surface area contributed by atoms with Crippen molar-refractivity contribution >= 4 is 17.7 Å². The van der Waals surface area contributed by atoms with Crippen LogP contribution in [-0.2, 0) is 0 Å². The van der Waals surface area contributed by atoms with Gasteiger partial charge in [-0.05, 0) is 31.6 Å². The van der Waals surface area contributed by atoms with Crippen LogP contribution in [0.3, 0.4) is 0 Å². The molecule has 0 aromatic heterocycles. The zero-order valence-electron chi connectivity index (χ0n) is 12.3. The van der Waals surface area contributed by atoms with E-state index < -0.39 is 4.92 Å². The number of carbonyl (C=O) groups excluding carboxylic acids is 1. The number of nitrogens with one attached hydrogen (secondary N) is 1. The second-order valence-electron chi connectivity index (χ2n) is 5.91. The fourth-order valence-corrected chi connectivity index (χ4v) is 2.17. The summed E-state index contributed by atoms with van der Waals surface area (Å²) in [6.45, 7) is 5.64. The van der Waals surface area contributed by atoms with Crippen molar-refractivity contribution in [1.29, 1.82) is 0 Å². The lowest BCUT2D eigenvalue weighted by atomic mass is 9.93. The second kappa shape index (κ2) is 6.47. The number of hydrogen-bond donors (Lipinski definition) is 1. The quantitative estimate of drug-likeness (QED) is 0.471. The van der Waals surface area contributed by atoms with Gasteiger partial charge >= 0.3 is 0 Å². The third kappa shape index (κ3) is 4.62. The molecule has 0 aliphatic rings. The molecule has 6 heteroatoms. The van der Waals surface area contributed by atoms with Crippen molar-refractivity contribution in [3.8, 4) is 0 Å². The standard InChI is InChI=1S/C14H21N3O3/c1-14(2,10-16(3)4)9-15-12-6-5-11(8-18)7-13(12)17(19)20/h5-8,15H,9-10H2,1-4H3. The van der Waals surface area contributed by atoms with Crippen LogP contribution in [0.4, 0.5) is 11.4 Å². The van der Waals surface area contributed by atoms with Gasteiger partial charge in [0.2, 0.25) is 0 Å². The second-order valence-corrected chi connectivity index (χ2v) is 5.91. The normalized spacial score (nSPS) is 11.4. The van der Waals surface area contributed by atoms with E-state index in [0.717, 1.165) is 6.54 Å². The van der Waals surface area contributed by atoms with Gasteiger partial charge in [0.1, 0.15) is 12.0 Å². The van der Waals surface area contributed by atoms with Crippen LogP contribution in [-0.4, -0.2) is 43.3 Å². The first-order valence-corrected chi connectivity index (χ1v) is 6.37. The summed E-state index contributed by atoms with van der Waals surface area (Å²) in [5, 5.41) is 14.1. The Morgan fingerprint density at radius 1 is 1.40 bits per heavy atom. The summed E-state index contributed by atoms with van der Waals surface area (Å²) in [4.78, 5) is 23.3. The van der Waals surface area contributed by atoms with Gasteiger partial charge in [0.05, 0.1) is 4.92 Å². The number of rotatable bonds is 7. The highest BCUT2D eigenvalue weighted by atomic mass is 16.6. The molecule has 0 radical (unpaired) electrons. The Labute approximate surface area is 118 Å². The van der Waals surface area contributed by atoms with Gasteiger partial charge in [-0.25, -0.2) is 0 Å². The predicted octanol–water partition coefficient (Wildman–Crippen LogP) is 2.41. The maximum atomic E-state index is 11.0. The highest BCUT2D eigenvalue weighted by Crippen LogP contribution is 2.27. The molecule has 0 saturated heterocycles. The van der Waals surface area contributed by atoms with Gasteiger partial charge in [-0.3, -0.25) is 14.9 Å². The first kappa shape index (κ1) is 16.1. The fourth-order valence-electron chi connectivity index (χ4n) is 2.17. The summed E-state index contributed by atoms with van der Waals surface area (Å²) in [6, 6.07) is 4.43. The van der Waals surface area contributed by atoms with Crippen molar-refractivity contribution in [2.24, 2.45) is 5.41 Å². The monoisotopic (exact) mass is 279 g/mol. The molecule has 6 nitrogen and oxygen atoms in total. The highest BCUT2D eigenvalue weighted by Gasteiger charge is 2.21. The van der Waals surface area contributed by atoms with Crippen LogP contribution >= 0.6 is 0 Å². The van der Waals surface area contributed by atoms with Crippen LogP contribution in [0.5, 0.6) is 0 Å². The Morgan fingerprint density at radius 2 is 2.05 bits per heavy atom. The topological polar surface area (TPSA) is 75.5 Å². The zero-order chi connectivity index (χ0) is 15.3. The summed E-state index contributed by atoms with van der Waals surface area (Å²) in [5.41, 5.74) is 0.637. The average molecular weight is 279 g/mol. The van der Waals surface area contributed by atoms with Gasteiger partial charge < -0.3 is 10.2 Å². The summed E-state index contributed by atoms with van der Waals surface area (Å²) in [5.74, 6) is 0. The lowest BCUT2D eigenvalue weighted by Gasteiger charge is -2.28. The van der Waals surface area contributed by atoms with E-state index in [1.165, 1.54) is 6.07 Å². The van der Waals surface area contributed by atoms with Crippen LogP contribution in [0.1, 0.15) is 24.2 Å². The van der Waals surface area contributed by atoms with E-state index >= 15 is 0 Å². The number of hydrogen-bond acceptors (Lipinski definition) is 5. The van der Waals surface area contributed by atoms with E-state index in [1.54, 1.807) is 12.1 Å². The van der Waals surface area contributed by atoms with Gasteiger partial charge in [0, 0.05) is 24.7 Å². The summed E-state index contributed by atoms with van der Waals surface area (Å²) < 4.78 is 0. The SMILES string of the molecule is CN(C)CC(C)(C)CNc1ccc(C=O)cc1[N+](=O)[O-]. The molecule has 110 valence electrons. The van der Waals surface area contributed by atoms with E-state index in [1.807, 2.05) is 14.1 Å². The number of aldehydes is 1. The number of nitro benzene ring substituents is 1. The molecule has 0 unspecified atom stereocenters. The molecule has 0 spiro atoms. The van der Waals surface area contributed by atoms with E-state index in [-0.39, 0.29) is 11.1 Å². The zero-order valence-corrected chi connectivity index (χ0v) is 12.3. The van der Waals surface area contributed by atoms with Gasteiger partial charge in [0.25, 0.3) is 5.69 Å². The van der Waals surface area contributed by atoms with Gasteiger partial charge in [-0.2, -0.15) is 0 Å². The van der Waals surface area contributed by atoms with Gasteiger partial charge in [-0.1, -0.05) is 13.8 Å². The molecular weight excluding hydrogens is 258 g/mol. The summed E-state index contributed by atoms with van der Waals surface area (Å²) in [7, 11) is 3.98. The predicted molar refractivity (Wildman–Crippen MR) is 79.3 cm³/mol. The Hall–Kier alpha value is -1.95. The smallest absolute Gasteiger partial charge is 0.293 e. The lowest BCUT2D eigenvalue weighted by Crippen LogP contribution is -2.34. The van der Waals surface area contributed by atoms with Gasteiger partial charge in [-0.15, -0.1) is 0 Å². The molecule has 0 aliphatic heterocycles. The van der Waals surface area contributed by atoms with E-state index in [2.05, 4.69) is 24.1 Å². The van der Waals surface area contributed by atoms with Gasteiger partial charge in [0.15, 0.2) is 0 Å². The minimum atomic E-state index is -0.478. The molecule has 0 bridgehead atoms. The molecule has 0 atom stereocenters. The van der Waals surface area contributed by atoms with E-state index in [0.29, 0.717) is 24.1 Å². The number of carbonyl (C=O) groups is 1. The highest BCUT2D eigenvalue weighted by molar-refractivity contribution is 5.79. The summed E-state index contributed by atoms with van der Waals surface area (Å²) >= 11 is 0. The molecule has 0 saturated carbocycles. The number of anilines is 1. The Balaban J connectivity index is 2.87. The third-order valence-electron chi connectivity index (χ3n) is 2.86. The Bertz CT molecular complexity index is 498. The first-order valence-electron chi connectivity index (χ1n) is 6.37. The molecule has 1 N–H and O–H groups in total. The molecular formula is C14H21N3O3. The lowest BCUT2D eigenvalue weighted by molar-refractivity contribution is -0.384. The molecule has 1 aromatic carbocycles. The van der Waals surface area contributed by atoms with Crippen molar-refractivity contribution in [2.75, 3.05) is 32.5 Å². The van der Waals surface area contributed by atoms with E-state index in [4.69, 9.17) is 0 Å². The maximum absolute atomic E-state index is 11.0. The van der Waals surface area contributed by atoms with Crippen molar-refractivity contribution in [1.82, 2.24) is 4.90 Å². The number of benzene rings is 1. The number of nitrogens with zero attached hydrogens (tertiary/aromatic N) is 2. The summed E-state index contributed by atoms with van der Waals surface area (Å²) in [6.07, 6.45) is 0.604. The van der Waals surface area contributed by atoms with Crippen molar-refractivity contribution in [2.45, 2.75) is 13.8 Å². The van der Waals surface area contributed by atoms with Crippen LogP contribution in [0, 0.1) is 15.5 Å². The minimum Gasteiger partial charge on any atom is -0.379 e. The Morgan fingerprint density at radius 3 is 2.55 bits per heavy atom. The third-order valence-corrected chi connectivity index (χ3v) is 2.86. The molecule has 0 amide bonds. The Kier molecular flexibility index (Phi) is 5.21. The fraction of sp³-hybridized carbons (Fsp3) is 0.500. The number of nitro groups is 1. The molecule has 1 rings (SSSR count). The van der Waals surface area contributed by atoms with Crippen molar-refractivity contribution < 1.29 is 9.72 Å². The van der Waals surface area contributed by atoms with Crippen LogP contribution in [0.15, 0.2) is 18.2 Å². The van der Waals surface area contributed by atoms with Crippen LogP contribution in [0.2, 0.25) is 0 Å². The maximum Gasteiger partial charge on any atom is 0.293 e. The van der Waals surface area contributed by atoms with Crippen molar-refractivity contribution in [3.63, 3.8) is 0 Å². The molecule has 0 heterocycles. The van der Waals surface area contributed by atoms with Crippen molar-refractivity contribution in [3.05, 3.63) is 33.9 Å². The minimum absolute atomic E-state index is 0.0271. The first-order chi connectivity index (χ1) is 9.25. The molecule has 1 aromatic rings. The average Bonchev–Trinajstić information content (AvgIpc) is 2.34. The molecule has 0 aliphatic carbocycles. The van der Waals surface area contributed by atoms with Crippen LogP contribution < -0.4 is 5.32 Å². The molecule has 0 fully saturated rings.